The van der Waals surface area contributed by atoms with E-state index in [4.69, 9.17) is 21.1 Å². The second kappa shape index (κ2) is 9.28. The monoisotopic (exact) mass is 454 g/mol. The molecule has 6 nitrogen and oxygen atoms in total. The summed E-state index contributed by atoms with van der Waals surface area (Å²) < 4.78 is 24.3. The number of nitrogens with one attached hydrogen (secondary N) is 1. The summed E-state index contributed by atoms with van der Waals surface area (Å²) in [4.78, 5) is 27.3. The first-order valence-corrected chi connectivity index (χ1v) is 10.3. The summed E-state index contributed by atoms with van der Waals surface area (Å²) in [5.74, 6) is 0.105. The third-order valence-electron chi connectivity index (χ3n) is 4.94. The van der Waals surface area contributed by atoms with E-state index in [-0.39, 0.29) is 22.7 Å². The molecule has 0 bridgehead atoms. The van der Waals surface area contributed by atoms with Crippen molar-refractivity contribution in [3.8, 4) is 11.5 Å². The van der Waals surface area contributed by atoms with Crippen LogP contribution < -0.4 is 14.8 Å². The van der Waals surface area contributed by atoms with Gasteiger partial charge in [0.15, 0.2) is 11.5 Å². The van der Waals surface area contributed by atoms with Crippen molar-refractivity contribution in [1.82, 2.24) is 4.90 Å². The van der Waals surface area contributed by atoms with E-state index >= 15 is 0 Å². The Bertz CT molecular complexity index is 1170. The number of anilines is 1. The van der Waals surface area contributed by atoms with E-state index in [1.165, 1.54) is 35.2 Å². The molecule has 4 rings (SSSR count). The molecule has 1 heterocycles. The van der Waals surface area contributed by atoms with Gasteiger partial charge in [-0.25, -0.2) is 4.39 Å². The van der Waals surface area contributed by atoms with Crippen LogP contribution in [-0.4, -0.2) is 37.0 Å². The Hall–Kier alpha value is -3.58. The zero-order valence-corrected chi connectivity index (χ0v) is 18.0. The van der Waals surface area contributed by atoms with E-state index in [0.717, 1.165) is 5.56 Å². The maximum atomic E-state index is 13.2. The van der Waals surface area contributed by atoms with Gasteiger partial charge in [0.05, 0.1) is 11.3 Å². The average molecular weight is 455 g/mol. The molecule has 0 fully saturated rings. The number of carbonyl (C=O) groups excluding carboxylic acids is 2. The number of hydrogen-bond donors (Lipinski definition) is 1. The van der Waals surface area contributed by atoms with Crippen LogP contribution in [0, 0.1) is 5.82 Å². The lowest BCUT2D eigenvalue weighted by Crippen LogP contribution is -2.27. The molecule has 32 heavy (non-hydrogen) atoms. The third kappa shape index (κ3) is 4.84. The maximum absolute atomic E-state index is 13.2. The Balaban J connectivity index is 1.53. The fourth-order valence-corrected chi connectivity index (χ4v) is 3.51. The van der Waals surface area contributed by atoms with Crippen LogP contribution in [-0.2, 0) is 6.54 Å². The van der Waals surface area contributed by atoms with E-state index < -0.39 is 11.7 Å². The number of halogens is 2. The van der Waals surface area contributed by atoms with Crippen molar-refractivity contribution in [1.29, 1.82) is 0 Å². The molecular weight excluding hydrogens is 435 g/mol. The smallest absolute Gasteiger partial charge is 0.256 e. The number of fused-ring (bicyclic) bond motifs is 1. The molecule has 1 aliphatic heterocycles. The van der Waals surface area contributed by atoms with Crippen LogP contribution >= 0.6 is 11.6 Å². The van der Waals surface area contributed by atoms with Gasteiger partial charge in [0.1, 0.15) is 19.0 Å². The minimum absolute atomic E-state index is 0.259. The second-order valence-corrected chi connectivity index (χ2v) is 7.73. The molecule has 1 N–H and O–H groups in total. The van der Waals surface area contributed by atoms with Gasteiger partial charge in [0, 0.05) is 24.2 Å². The van der Waals surface area contributed by atoms with E-state index in [1.54, 1.807) is 19.2 Å². The number of nitrogens with zero attached hydrogens (tertiary/aromatic N) is 1. The van der Waals surface area contributed by atoms with Crippen molar-refractivity contribution in [2.24, 2.45) is 0 Å². The minimum atomic E-state index is -0.476. The van der Waals surface area contributed by atoms with Gasteiger partial charge in [-0.3, -0.25) is 9.59 Å². The Morgan fingerprint density at radius 1 is 1.00 bits per heavy atom. The number of benzene rings is 3. The molecule has 2 amide bonds. The van der Waals surface area contributed by atoms with Crippen LogP contribution in [0.4, 0.5) is 10.1 Å². The minimum Gasteiger partial charge on any atom is -0.486 e. The average Bonchev–Trinajstić information content (AvgIpc) is 2.79. The molecular formula is C24H20ClFN2O4. The Morgan fingerprint density at radius 3 is 2.47 bits per heavy atom. The standard InChI is InChI=1S/C24H20ClFN2O4/c1-28(14-15-2-9-21-22(12-15)32-11-10-31-21)24(30)19-8-5-17(25)13-20(19)27-23(29)16-3-6-18(26)7-4-16/h2-9,12-13H,10-11,14H2,1H3,(H,27,29). The van der Waals surface area contributed by atoms with Crippen LogP contribution in [0.15, 0.2) is 60.7 Å². The lowest BCUT2D eigenvalue weighted by atomic mass is 10.1. The SMILES string of the molecule is CN(Cc1ccc2c(c1)OCCO2)C(=O)c1ccc(Cl)cc1NC(=O)c1ccc(F)cc1. The highest BCUT2D eigenvalue weighted by molar-refractivity contribution is 6.31. The van der Waals surface area contributed by atoms with E-state index in [2.05, 4.69) is 5.32 Å². The number of ether oxygens (including phenoxy) is 2. The molecule has 0 saturated carbocycles. The summed E-state index contributed by atoms with van der Waals surface area (Å²) in [5.41, 5.74) is 1.68. The summed E-state index contributed by atoms with van der Waals surface area (Å²) in [6, 6.07) is 15.3. The molecule has 164 valence electrons. The first kappa shape index (κ1) is 21.6. The van der Waals surface area contributed by atoms with Crippen LogP contribution in [0.2, 0.25) is 5.02 Å². The molecule has 3 aromatic rings. The molecule has 0 saturated heterocycles. The molecule has 0 aromatic heterocycles. The number of hydrogen-bond acceptors (Lipinski definition) is 4. The zero-order chi connectivity index (χ0) is 22.7. The summed E-state index contributed by atoms with van der Waals surface area (Å²) in [6.07, 6.45) is 0. The van der Waals surface area contributed by atoms with Crippen LogP contribution in [0.1, 0.15) is 26.3 Å². The molecule has 0 spiro atoms. The van der Waals surface area contributed by atoms with E-state index in [0.29, 0.717) is 36.3 Å². The summed E-state index contributed by atoms with van der Waals surface area (Å²) in [6.45, 7) is 1.31. The lowest BCUT2D eigenvalue weighted by molar-refractivity contribution is 0.0786. The largest absolute Gasteiger partial charge is 0.486 e. The van der Waals surface area contributed by atoms with E-state index in [9.17, 15) is 14.0 Å². The quantitative estimate of drug-likeness (QED) is 0.602. The van der Waals surface area contributed by atoms with Crippen LogP contribution in [0.25, 0.3) is 0 Å². The summed E-state index contributed by atoms with van der Waals surface area (Å²) in [7, 11) is 1.67. The predicted octanol–water partition coefficient (Wildman–Crippen LogP) is 4.77. The van der Waals surface area contributed by atoms with Crippen molar-refractivity contribution in [3.05, 3.63) is 88.2 Å². The fraction of sp³-hybridized carbons (Fsp3) is 0.167. The summed E-state index contributed by atoms with van der Waals surface area (Å²) >= 11 is 6.10. The molecule has 8 heteroatoms. The van der Waals surface area contributed by atoms with Gasteiger partial charge < -0.3 is 19.7 Å². The van der Waals surface area contributed by atoms with Gasteiger partial charge in [-0.05, 0) is 60.2 Å². The Kier molecular flexibility index (Phi) is 6.28. The molecule has 0 radical (unpaired) electrons. The highest BCUT2D eigenvalue weighted by Crippen LogP contribution is 2.31. The molecule has 0 aliphatic carbocycles. The van der Waals surface area contributed by atoms with Gasteiger partial charge in [0.25, 0.3) is 11.8 Å². The van der Waals surface area contributed by atoms with Gasteiger partial charge in [-0.2, -0.15) is 0 Å². The summed E-state index contributed by atoms with van der Waals surface area (Å²) in [5, 5.41) is 3.06. The number of rotatable bonds is 5. The normalized spacial score (nSPS) is 12.2. The third-order valence-corrected chi connectivity index (χ3v) is 5.17. The van der Waals surface area contributed by atoms with Crippen LogP contribution in [0.3, 0.4) is 0 Å². The van der Waals surface area contributed by atoms with Crippen molar-refractivity contribution in [3.63, 3.8) is 0 Å². The zero-order valence-electron chi connectivity index (χ0n) is 17.2. The van der Waals surface area contributed by atoms with Crippen molar-refractivity contribution < 1.29 is 23.5 Å². The van der Waals surface area contributed by atoms with E-state index in [1.807, 2.05) is 18.2 Å². The van der Waals surface area contributed by atoms with Gasteiger partial charge in [-0.15, -0.1) is 0 Å². The first-order valence-electron chi connectivity index (χ1n) is 9.91. The Morgan fingerprint density at radius 2 is 1.72 bits per heavy atom. The predicted molar refractivity (Wildman–Crippen MR) is 119 cm³/mol. The van der Waals surface area contributed by atoms with Gasteiger partial charge in [-0.1, -0.05) is 17.7 Å². The first-order chi connectivity index (χ1) is 15.4. The second-order valence-electron chi connectivity index (χ2n) is 7.29. The maximum Gasteiger partial charge on any atom is 0.256 e. The van der Waals surface area contributed by atoms with Crippen molar-refractivity contribution >= 4 is 29.1 Å². The highest BCUT2D eigenvalue weighted by atomic mass is 35.5. The highest BCUT2D eigenvalue weighted by Gasteiger charge is 2.20. The molecule has 0 atom stereocenters. The van der Waals surface area contributed by atoms with Crippen molar-refractivity contribution in [2.45, 2.75) is 6.54 Å². The van der Waals surface area contributed by atoms with Crippen molar-refractivity contribution in [2.75, 3.05) is 25.6 Å². The van der Waals surface area contributed by atoms with Gasteiger partial charge >= 0.3 is 0 Å². The topological polar surface area (TPSA) is 67.9 Å². The Labute approximate surface area is 189 Å². The number of carbonyl (C=O) groups is 2. The van der Waals surface area contributed by atoms with Gasteiger partial charge in [0.2, 0.25) is 0 Å². The molecule has 3 aromatic carbocycles. The van der Waals surface area contributed by atoms with Crippen LogP contribution in [0.5, 0.6) is 11.5 Å². The fourth-order valence-electron chi connectivity index (χ4n) is 3.34. The number of amides is 2. The lowest BCUT2D eigenvalue weighted by Gasteiger charge is -2.22. The molecule has 1 aliphatic rings. The molecule has 0 unspecified atom stereocenters.